The molecule has 0 amide bonds. The number of hydrogen-bond acceptors (Lipinski definition) is 5. The Labute approximate surface area is 116 Å². The maximum absolute atomic E-state index is 11.2. The van der Waals surface area contributed by atoms with Crippen LogP contribution in [0.1, 0.15) is 35.3 Å². The van der Waals surface area contributed by atoms with Gasteiger partial charge >= 0.3 is 5.97 Å². The van der Waals surface area contributed by atoms with Crippen LogP contribution in [0.2, 0.25) is 0 Å². The second-order valence-corrected chi connectivity index (χ2v) is 6.10. The number of carboxylic acids is 1. The van der Waals surface area contributed by atoms with E-state index in [1.54, 1.807) is 6.07 Å². The lowest BCUT2D eigenvalue weighted by atomic mass is 9.95. The van der Waals surface area contributed by atoms with Crippen molar-refractivity contribution in [2.24, 2.45) is 0 Å². The van der Waals surface area contributed by atoms with Crippen molar-refractivity contribution < 1.29 is 24.5 Å². The van der Waals surface area contributed by atoms with Crippen LogP contribution in [0.4, 0.5) is 0 Å². The number of thiophene rings is 1. The van der Waals surface area contributed by atoms with Crippen LogP contribution in [0.15, 0.2) is 6.07 Å². The summed E-state index contributed by atoms with van der Waals surface area (Å²) in [6.45, 7) is 6.88. The van der Waals surface area contributed by atoms with Crippen molar-refractivity contribution in [1.82, 2.24) is 0 Å². The number of rotatable bonds is 7. The van der Waals surface area contributed by atoms with Crippen molar-refractivity contribution in [3.8, 4) is 5.75 Å². The predicted molar refractivity (Wildman–Crippen MR) is 73.4 cm³/mol. The Morgan fingerprint density at radius 1 is 1.32 bits per heavy atom. The molecule has 19 heavy (non-hydrogen) atoms. The van der Waals surface area contributed by atoms with Crippen molar-refractivity contribution in [2.75, 3.05) is 26.4 Å². The molecular weight excluding hydrogens is 268 g/mol. The molecule has 0 spiro atoms. The molecule has 1 aromatic rings. The van der Waals surface area contributed by atoms with Gasteiger partial charge in [0.25, 0.3) is 0 Å². The van der Waals surface area contributed by atoms with Gasteiger partial charge in [-0.15, -0.1) is 11.3 Å². The Balaban J connectivity index is 2.70. The fourth-order valence-corrected chi connectivity index (χ4v) is 2.38. The van der Waals surface area contributed by atoms with Crippen LogP contribution < -0.4 is 4.74 Å². The molecule has 0 unspecified atom stereocenters. The molecule has 0 radical (unpaired) electrons. The zero-order valence-corrected chi connectivity index (χ0v) is 12.2. The topological polar surface area (TPSA) is 76.0 Å². The van der Waals surface area contributed by atoms with E-state index in [2.05, 4.69) is 0 Å². The van der Waals surface area contributed by atoms with Crippen molar-refractivity contribution in [3.63, 3.8) is 0 Å². The monoisotopic (exact) mass is 288 g/mol. The number of carbonyl (C=O) groups is 1. The van der Waals surface area contributed by atoms with Gasteiger partial charge in [-0.3, -0.25) is 0 Å². The minimum atomic E-state index is -0.980. The molecule has 0 atom stereocenters. The molecule has 1 rings (SSSR count). The zero-order valence-electron chi connectivity index (χ0n) is 11.4. The van der Waals surface area contributed by atoms with Crippen LogP contribution in [-0.2, 0) is 10.2 Å². The smallest absolute Gasteiger partial charge is 0.349 e. The van der Waals surface area contributed by atoms with Crippen LogP contribution in [0.3, 0.4) is 0 Å². The first kappa shape index (κ1) is 15.9. The van der Waals surface area contributed by atoms with Gasteiger partial charge in [0.1, 0.15) is 12.4 Å². The first-order valence-electron chi connectivity index (χ1n) is 6.05. The molecule has 0 bridgehead atoms. The standard InChI is InChI=1S/C13H20O5S/c1-13(2,3)10-8-9(11(19-10)12(15)16)18-7-6-17-5-4-14/h8,14H,4-7H2,1-3H3,(H,15,16). The molecule has 6 heteroatoms. The largest absolute Gasteiger partial charge is 0.489 e. The van der Waals surface area contributed by atoms with E-state index in [4.69, 9.17) is 19.7 Å². The van der Waals surface area contributed by atoms with Crippen LogP contribution in [0, 0.1) is 0 Å². The van der Waals surface area contributed by atoms with Gasteiger partial charge in [-0.1, -0.05) is 20.8 Å². The first-order valence-corrected chi connectivity index (χ1v) is 6.87. The molecule has 0 saturated heterocycles. The van der Waals surface area contributed by atoms with Gasteiger partial charge in [0.2, 0.25) is 0 Å². The van der Waals surface area contributed by atoms with Crippen molar-refractivity contribution in [2.45, 2.75) is 26.2 Å². The van der Waals surface area contributed by atoms with E-state index in [9.17, 15) is 4.79 Å². The van der Waals surface area contributed by atoms with E-state index >= 15 is 0 Å². The molecule has 0 aliphatic rings. The fourth-order valence-electron chi connectivity index (χ4n) is 1.38. The maximum atomic E-state index is 11.2. The van der Waals surface area contributed by atoms with Crippen molar-refractivity contribution >= 4 is 17.3 Å². The lowest BCUT2D eigenvalue weighted by Gasteiger charge is -2.14. The summed E-state index contributed by atoms with van der Waals surface area (Å²) in [7, 11) is 0. The summed E-state index contributed by atoms with van der Waals surface area (Å²) in [5.41, 5.74) is -0.107. The van der Waals surface area contributed by atoms with E-state index in [1.807, 2.05) is 20.8 Å². The summed E-state index contributed by atoms with van der Waals surface area (Å²) in [5, 5.41) is 17.7. The number of carboxylic acid groups (broad SMARTS) is 1. The molecule has 0 aliphatic heterocycles. The molecule has 0 aromatic carbocycles. The first-order chi connectivity index (χ1) is 8.86. The molecule has 108 valence electrons. The summed E-state index contributed by atoms with van der Waals surface area (Å²) < 4.78 is 10.5. The third kappa shape index (κ3) is 4.81. The average molecular weight is 288 g/mol. The average Bonchev–Trinajstić information content (AvgIpc) is 2.72. The van der Waals surface area contributed by atoms with Gasteiger partial charge in [-0.25, -0.2) is 4.79 Å². The molecule has 0 fully saturated rings. The Hall–Kier alpha value is -1.11. The van der Waals surface area contributed by atoms with E-state index in [0.29, 0.717) is 12.4 Å². The lowest BCUT2D eigenvalue weighted by molar-refractivity contribution is 0.0662. The molecule has 0 saturated carbocycles. The number of ether oxygens (including phenoxy) is 2. The maximum Gasteiger partial charge on any atom is 0.349 e. The summed E-state index contributed by atoms with van der Waals surface area (Å²) in [4.78, 5) is 12.3. The highest BCUT2D eigenvalue weighted by molar-refractivity contribution is 7.14. The minimum absolute atomic E-state index is 0.0347. The normalized spacial score (nSPS) is 11.6. The predicted octanol–water partition coefficient (Wildman–Crippen LogP) is 2.13. The van der Waals surface area contributed by atoms with Gasteiger partial charge in [0.15, 0.2) is 4.88 Å². The molecule has 0 aliphatic carbocycles. The highest BCUT2D eigenvalue weighted by Crippen LogP contribution is 2.36. The highest BCUT2D eigenvalue weighted by Gasteiger charge is 2.23. The van der Waals surface area contributed by atoms with E-state index in [1.165, 1.54) is 11.3 Å². The number of aliphatic hydroxyl groups is 1. The SMILES string of the molecule is CC(C)(C)c1cc(OCCOCCO)c(C(=O)O)s1. The van der Waals surface area contributed by atoms with E-state index in [-0.39, 0.29) is 30.1 Å². The van der Waals surface area contributed by atoms with Gasteiger partial charge in [0, 0.05) is 4.88 Å². The second kappa shape index (κ2) is 6.88. The van der Waals surface area contributed by atoms with Gasteiger partial charge in [-0.05, 0) is 11.5 Å². The second-order valence-electron chi connectivity index (χ2n) is 5.04. The molecule has 1 aromatic heterocycles. The van der Waals surface area contributed by atoms with Crippen LogP contribution in [0.5, 0.6) is 5.75 Å². The molecular formula is C13H20O5S. The third-order valence-corrected chi connectivity index (χ3v) is 3.88. The van der Waals surface area contributed by atoms with Gasteiger partial charge in [0.05, 0.1) is 19.8 Å². The number of aliphatic hydroxyl groups excluding tert-OH is 1. The third-order valence-electron chi connectivity index (χ3n) is 2.35. The summed E-state index contributed by atoms with van der Waals surface area (Å²) >= 11 is 1.24. The van der Waals surface area contributed by atoms with Gasteiger partial charge < -0.3 is 19.7 Å². The van der Waals surface area contributed by atoms with Crippen LogP contribution in [-0.4, -0.2) is 42.6 Å². The Morgan fingerprint density at radius 2 is 2.00 bits per heavy atom. The fraction of sp³-hybridized carbons (Fsp3) is 0.615. The number of aromatic carboxylic acids is 1. The molecule has 5 nitrogen and oxygen atoms in total. The van der Waals surface area contributed by atoms with Crippen LogP contribution >= 0.6 is 11.3 Å². The van der Waals surface area contributed by atoms with Crippen molar-refractivity contribution in [1.29, 1.82) is 0 Å². The number of hydrogen-bond donors (Lipinski definition) is 2. The van der Waals surface area contributed by atoms with Gasteiger partial charge in [-0.2, -0.15) is 0 Å². The van der Waals surface area contributed by atoms with E-state index in [0.717, 1.165) is 4.88 Å². The van der Waals surface area contributed by atoms with Crippen LogP contribution in [0.25, 0.3) is 0 Å². The summed E-state index contributed by atoms with van der Waals surface area (Å²) in [6.07, 6.45) is 0. The minimum Gasteiger partial charge on any atom is -0.489 e. The van der Waals surface area contributed by atoms with Crippen molar-refractivity contribution in [3.05, 3.63) is 15.8 Å². The zero-order chi connectivity index (χ0) is 14.5. The molecule has 2 N–H and O–H groups in total. The Morgan fingerprint density at radius 3 is 2.53 bits per heavy atom. The molecule has 1 heterocycles. The van der Waals surface area contributed by atoms with E-state index < -0.39 is 5.97 Å². The Bertz CT molecular complexity index is 419. The summed E-state index contributed by atoms with van der Waals surface area (Å²) in [5.74, 6) is -0.596. The highest BCUT2D eigenvalue weighted by atomic mass is 32.1. The lowest BCUT2D eigenvalue weighted by Crippen LogP contribution is -2.10. The summed E-state index contributed by atoms with van der Waals surface area (Å²) in [6, 6.07) is 1.78. The quantitative estimate of drug-likeness (QED) is 0.752. The Kier molecular flexibility index (Phi) is 5.78.